The summed E-state index contributed by atoms with van der Waals surface area (Å²) in [7, 11) is 0. The Morgan fingerprint density at radius 2 is 2.88 bits per heavy atom. The minimum absolute atomic E-state index is 0.255. The molecule has 3 heteroatoms. The average Bonchev–Trinajstić information content (AvgIpc) is 2.11. The molecule has 44 valence electrons. The zero-order chi connectivity index (χ0) is 7.78. The van der Waals surface area contributed by atoms with E-state index in [0.717, 1.165) is 16.3 Å². The van der Waals surface area contributed by atoms with Crippen LogP contribution in [0.5, 0.6) is 0 Å². The van der Waals surface area contributed by atoms with Crippen LogP contribution in [0.4, 0.5) is 0 Å². The molecule has 1 aromatic heterocycles. The quantitative estimate of drug-likeness (QED) is 0.615. The molecule has 0 aliphatic rings. The zero-order valence-electron chi connectivity index (χ0n) is 6.38. The van der Waals surface area contributed by atoms with Gasteiger partial charge in [-0.1, -0.05) is 0 Å². The SMILES string of the molecule is [2H]C([2H])(O)c1cnc(C)s1. The fourth-order valence-electron chi connectivity index (χ4n) is 0.413. The smallest absolute Gasteiger partial charge is 0.0897 e. The summed E-state index contributed by atoms with van der Waals surface area (Å²) in [4.78, 5) is 4.06. The molecule has 0 saturated heterocycles. The highest BCUT2D eigenvalue weighted by atomic mass is 32.1. The van der Waals surface area contributed by atoms with Crippen LogP contribution in [0.3, 0.4) is 0 Å². The molecule has 0 unspecified atom stereocenters. The Hall–Kier alpha value is -0.410. The molecule has 0 aliphatic carbocycles. The molecule has 1 aromatic rings. The summed E-state index contributed by atoms with van der Waals surface area (Å²) >= 11 is 1.16. The summed E-state index contributed by atoms with van der Waals surface area (Å²) in [5.41, 5.74) is 0. The summed E-state index contributed by atoms with van der Waals surface area (Å²) in [6.45, 7) is -0.466. The van der Waals surface area contributed by atoms with Crippen LogP contribution in [0.25, 0.3) is 0 Å². The largest absolute Gasteiger partial charge is 0.391 e. The minimum Gasteiger partial charge on any atom is -0.391 e. The second-order valence-corrected chi connectivity index (χ2v) is 2.59. The standard InChI is InChI=1S/C5H7NOS/c1-4-6-2-5(3-7)8-4/h2,7H,3H2,1H3/i3D2. The summed E-state index contributed by atoms with van der Waals surface area (Å²) in [5, 5.41) is 9.56. The van der Waals surface area contributed by atoms with E-state index in [1.54, 1.807) is 6.92 Å². The number of thiazole rings is 1. The van der Waals surface area contributed by atoms with Crippen molar-refractivity contribution in [1.82, 2.24) is 4.98 Å². The molecule has 2 nitrogen and oxygen atoms in total. The molecular weight excluding hydrogens is 122 g/mol. The van der Waals surface area contributed by atoms with E-state index in [1.165, 1.54) is 6.20 Å². The molecule has 0 amide bonds. The lowest BCUT2D eigenvalue weighted by molar-refractivity contribution is 0.285. The number of nitrogens with zero attached hydrogens (tertiary/aromatic N) is 1. The normalized spacial score (nSPS) is 15.2. The van der Waals surface area contributed by atoms with Crippen molar-refractivity contribution in [1.29, 1.82) is 0 Å². The van der Waals surface area contributed by atoms with Gasteiger partial charge < -0.3 is 5.11 Å². The van der Waals surface area contributed by atoms with Gasteiger partial charge in [0, 0.05) is 6.20 Å². The highest BCUT2D eigenvalue weighted by Gasteiger charge is 1.92. The number of aromatic nitrogens is 1. The van der Waals surface area contributed by atoms with Crippen LogP contribution >= 0.6 is 11.3 Å². The van der Waals surface area contributed by atoms with Crippen LogP contribution in [0.1, 0.15) is 12.6 Å². The number of aryl methyl sites for hydroxylation is 1. The summed E-state index contributed by atoms with van der Waals surface area (Å²) in [5.74, 6) is 0. The Morgan fingerprint density at radius 3 is 3.12 bits per heavy atom. The highest BCUT2D eigenvalue weighted by Crippen LogP contribution is 2.09. The number of rotatable bonds is 1. The lowest BCUT2D eigenvalue weighted by atomic mass is 10.6. The van der Waals surface area contributed by atoms with Crippen LogP contribution in [-0.2, 0) is 6.56 Å². The second kappa shape index (κ2) is 2.24. The van der Waals surface area contributed by atoms with Crippen molar-refractivity contribution in [2.24, 2.45) is 0 Å². The maximum Gasteiger partial charge on any atom is 0.0897 e. The first-order chi connectivity index (χ1) is 4.50. The van der Waals surface area contributed by atoms with Crippen LogP contribution in [-0.4, -0.2) is 10.1 Å². The molecule has 0 spiro atoms. The third kappa shape index (κ3) is 1.05. The molecule has 0 bridgehead atoms. The summed E-state index contributed by atoms with van der Waals surface area (Å²) < 4.78 is 13.8. The molecule has 0 atom stereocenters. The average molecular weight is 131 g/mol. The van der Waals surface area contributed by atoms with Crippen molar-refractivity contribution in [2.75, 3.05) is 0 Å². The predicted molar refractivity (Wildman–Crippen MR) is 32.8 cm³/mol. The third-order valence-electron chi connectivity index (χ3n) is 0.731. The topological polar surface area (TPSA) is 33.1 Å². The second-order valence-electron chi connectivity index (χ2n) is 1.36. The van der Waals surface area contributed by atoms with E-state index in [-0.39, 0.29) is 4.88 Å². The molecule has 0 aromatic carbocycles. The van der Waals surface area contributed by atoms with E-state index >= 15 is 0 Å². The van der Waals surface area contributed by atoms with Gasteiger partial charge in [-0.25, -0.2) is 4.98 Å². The molecule has 0 fully saturated rings. The molecule has 1 N–H and O–H groups in total. The number of aliphatic hydroxyl groups is 1. The Balaban J connectivity index is 2.96. The van der Waals surface area contributed by atoms with Crippen LogP contribution in [0, 0.1) is 6.92 Å². The van der Waals surface area contributed by atoms with Gasteiger partial charge in [0.2, 0.25) is 0 Å². The molecule has 1 heterocycles. The van der Waals surface area contributed by atoms with E-state index in [1.807, 2.05) is 0 Å². The first-order valence-corrected chi connectivity index (χ1v) is 2.97. The van der Waals surface area contributed by atoms with E-state index in [0.29, 0.717) is 0 Å². The number of hydrogen-bond donors (Lipinski definition) is 1. The van der Waals surface area contributed by atoms with E-state index in [4.69, 9.17) is 7.85 Å². The van der Waals surface area contributed by atoms with Crippen molar-refractivity contribution in [2.45, 2.75) is 13.5 Å². The van der Waals surface area contributed by atoms with Gasteiger partial charge in [0.1, 0.15) is 0 Å². The van der Waals surface area contributed by atoms with Gasteiger partial charge >= 0.3 is 0 Å². The first-order valence-electron chi connectivity index (χ1n) is 3.15. The lowest BCUT2D eigenvalue weighted by Crippen LogP contribution is -1.70. The Morgan fingerprint density at radius 1 is 2.12 bits per heavy atom. The Labute approximate surface area is 54.6 Å². The van der Waals surface area contributed by atoms with E-state index in [9.17, 15) is 0 Å². The monoisotopic (exact) mass is 131 g/mol. The maximum absolute atomic E-state index is 8.81. The minimum atomic E-state index is -2.23. The Kier molecular flexibility index (Phi) is 1.00. The maximum atomic E-state index is 8.81. The lowest BCUT2D eigenvalue weighted by Gasteiger charge is -1.78. The molecular formula is C5H7NOS. The van der Waals surface area contributed by atoms with Crippen molar-refractivity contribution in [3.63, 3.8) is 0 Å². The van der Waals surface area contributed by atoms with Crippen molar-refractivity contribution in [3.8, 4) is 0 Å². The van der Waals surface area contributed by atoms with Crippen LogP contribution in [0.2, 0.25) is 0 Å². The van der Waals surface area contributed by atoms with Crippen LogP contribution in [0.15, 0.2) is 6.20 Å². The van der Waals surface area contributed by atoms with E-state index < -0.39 is 6.56 Å². The molecule has 0 aliphatic heterocycles. The fraction of sp³-hybridized carbons (Fsp3) is 0.400. The van der Waals surface area contributed by atoms with Crippen molar-refractivity contribution < 1.29 is 7.85 Å². The molecule has 8 heavy (non-hydrogen) atoms. The molecule has 0 saturated carbocycles. The first kappa shape index (κ1) is 3.58. The van der Waals surface area contributed by atoms with Gasteiger partial charge in [0.05, 0.1) is 19.2 Å². The van der Waals surface area contributed by atoms with Gasteiger partial charge in [0.15, 0.2) is 0 Å². The van der Waals surface area contributed by atoms with Gasteiger partial charge in [0.25, 0.3) is 0 Å². The van der Waals surface area contributed by atoms with Crippen molar-refractivity contribution >= 4 is 11.3 Å². The van der Waals surface area contributed by atoms with Gasteiger partial charge in [-0.2, -0.15) is 0 Å². The summed E-state index contributed by atoms with van der Waals surface area (Å²) in [6.07, 6.45) is 1.35. The highest BCUT2D eigenvalue weighted by molar-refractivity contribution is 7.11. The third-order valence-corrected chi connectivity index (χ3v) is 1.55. The zero-order valence-corrected chi connectivity index (χ0v) is 5.20. The number of hydrogen-bond acceptors (Lipinski definition) is 3. The molecule has 1 rings (SSSR count). The predicted octanol–water partition coefficient (Wildman–Crippen LogP) is 0.944. The van der Waals surface area contributed by atoms with E-state index in [2.05, 4.69) is 4.98 Å². The van der Waals surface area contributed by atoms with Crippen molar-refractivity contribution in [3.05, 3.63) is 16.1 Å². The summed E-state index contributed by atoms with van der Waals surface area (Å²) in [6, 6.07) is 0. The van der Waals surface area contributed by atoms with Gasteiger partial charge in [-0.05, 0) is 6.92 Å². The fourth-order valence-corrected chi connectivity index (χ4v) is 0.988. The van der Waals surface area contributed by atoms with Crippen LogP contribution < -0.4 is 0 Å². The molecule has 0 radical (unpaired) electrons. The van der Waals surface area contributed by atoms with Gasteiger partial charge in [-0.3, -0.25) is 0 Å². The Bertz CT molecular complexity index is 230. The van der Waals surface area contributed by atoms with Gasteiger partial charge in [-0.15, -0.1) is 11.3 Å².